The highest BCUT2D eigenvalue weighted by Gasteiger charge is 2.22. The van der Waals surface area contributed by atoms with Crippen LogP contribution in [0, 0.1) is 20.8 Å². The van der Waals surface area contributed by atoms with Crippen molar-refractivity contribution in [2.24, 2.45) is 0 Å². The van der Waals surface area contributed by atoms with Crippen molar-refractivity contribution in [3.63, 3.8) is 0 Å². The Bertz CT molecular complexity index is 1390. The summed E-state index contributed by atoms with van der Waals surface area (Å²) in [5.41, 5.74) is 3.30. The molecule has 8 nitrogen and oxygen atoms in total. The lowest BCUT2D eigenvalue weighted by atomic mass is 10.1. The van der Waals surface area contributed by atoms with Gasteiger partial charge in [-0.15, -0.1) is 16.4 Å². The minimum Gasteiger partial charge on any atom is -0.332 e. The van der Waals surface area contributed by atoms with E-state index in [-0.39, 0.29) is 11.4 Å². The third-order valence-corrected chi connectivity index (χ3v) is 5.88. The predicted octanol–water partition coefficient (Wildman–Crippen LogP) is 3.27. The summed E-state index contributed by atoms with van der Waals surface area (Å²) < 4.78 is 7.10. The van der Waals surface area contributed by atoms with Crippen LogP contribution in [-0.2, 0) is 0 Å². The summed E-state index contributed by atoms with van der Waals surface area (Å²) in [4.78, 5) is 23.1. The van der Waals surface area contributed by atoms with Gasteiger partial charge in [0.1, 0.15) is 4.83 Å². The fourth-order valence-corrected chi connectivity index (χ4v) is 4.22. The minimum atomic E-state index is -0.284. The van der Waals surface area contributed by atoms with Gasteiger partial charge < -0.3 is 4.52 Å². The van der Waals surface area contributed by atoms with E-state index in [1.54, 1.807) is 4.52 Å². The van der Waals surface area contributed by atoms with Crippen molar-refractivity contribution in [3.8, 4) is 23.0 Å². The van der Waals surface area contributed by atoms with Gasteiger partial charge in [-0.25, -0.2) is 9.73 Å². The second kappa shape index (κ2) is 5.58. The quantitative estimate of drug-likeness (QED) is 0.506. The van der Waals surface area contributed by atoms with Crippen molar-refractivity contribution < 1.29 is 4.52 Å². The molecule has 0 saturated heterocycles. The summed E-state index contributed by atoms with van der Waals surface area (Å²) >= 11 is 1.52. The topological polar surface area (TPSA) is 102 Å². The lowest BCUT2D eigenvalue weighted by Gasteiger charge is -1.97. The van der Waals surface area contributed by atoms with E-state index in [1.165, 1.54) is 11.3 Å². The maximum absolute atomic E-state index is 12.6. The number of fused-ring (bicyclic) bond motifs is 3. The molecular weight excluding hydrogens is 364 g/mol. The molecule has 5 aromatic rings. The Morgan fingerprint density at radius 2 is 1.96 bits per heavy atom. The Hall–Kier alpha value is -3.33. The summed E-state index contributed by atoms with van der Waals surface area (Å²) in [5, 5.41) is 11.8. The second-order valence-electron chi connectivity index (χ2n) is 6.34. The fraction of sp³-hybridized carbons (Fsp3) is 0.167. The van der Waals surface area contributed by atoms with Crippen LogP contribution in [0.25, 0.3) is 38.8 Å². The number of thiophene rings is 1. The monoisotopic (exact) mass is 378 g/mol. The van der Waals surface area contributed by atoms with Crippen LogP contribution in [0.1, 0.15) is 16.0 Å². The maximum atomic E-state index is 12.6. The van der Waals surface area contributed by atoms with Crippen LogP contribution in [0.2, 0.25) is 0 Å². The molecule has 0 saturated carbocycles. The van der Waals surface area contributed by atoms with Gasteiger partial charge in [-0.1, -0.05) is 29.4 Å². The Morgan fingerprint density at radius 3 is 2.78 bits per heavy atom. The molecule has 4 heterocycles. The van der Waals surface area contributed by atoms with E-state index in [0.29, 0.717) is 22.6 Å². The first-order chi connectivity index (χ1) is 13.0. The highest BCUT2D eigenvalue weighted by molar-refractivity contribution is 7.18. The molecule has 0 bridgehead atoms. The van der Waals surface area contributed by atoms with Crippen LogP contribution in [0.3, 0.4) is 0 Å². The highest BCUT2D eigenvalue weighted by atomic mass is 32.1. The number of hydrogen-bond acceptors (Lipinski definition) is 7. The molecule has 0 aliphatic heterocycles. The average molecular weight is 378 g/mol. The van der Waals surface area contributed by atoms with Crippen molar-refractivity contribution in [3.05, 3.63) is 50.6 Å². The van der Waals surface area contributed by atoms with E-state index in [9.17, 15) is 4.79 Å². The molecule has 1 N–H and O–H groups in total. The van der Waals surface area contributed by atoms with Gasteiger partial charge in [-0.05, 0) is 31.9 Å². The maximum Gasteiger partial charge on any atom is 0.282 e. The minimum absolute atomic E-state index is 0.211. The molecule has 9 heteroatoms. The van der Waals surface area contributed by atoms with E-state index >= 15 is 0 Å². The van der Waals surface area contributed by atoms with Crippen molar-refractivity contribution in [1.29, 1.82) is 0 Å². The fourth-order valence-electron chi connectivity index (χ4n) is 3.11. The standard InChI is InChI=1S/C18H14N6O2S/c1-8-6-4-5-7-11(8)14-19-17(26-22-14)13-15-20-16(25)12-9(2)10(3)27-18(12)24(15)23-21-13/h4-7,23H,1-3H3. The van der Waals surface area contributed by atoms with Gasteiger partial charge in [0, 0.05) is 10.4 Å². The van der Waals surface area contributed by atoms with E-state index < -0.39 is 0 Å². The molecule has 0 aliphatic rings. The molecule has 134 valence electrons. The molecule has 4 aromatic heterocycles. The SMILES string of the molecule is Cc1ccccc1-c1noc(-c2n[nH]n3c2nc(=O)c2c(C)c(C)sc23)n1. The van der Waals surface area contributed by atoms with Crippen molar-refractivity contribution in [2.75, 3.05) is 0 Å². The largest absolute Gasteiger partial charge is 0.332 e. The molecule has 0 aliphatic carbocycles. The van der Waals surface area contributed by atoms with Crippen LogP contribution in [0.4, 0.5) is 0 Å². The van der Waals surface area contributed by atoms with Crippen LogP contribution in [0.15, 0.2) is 33.6 Å². The first-order valence-electron chi connectivity index (χ1n) is 8.31. The predicted molar refractivity (Wildman–Crippen MR) is 102 cm³/mol. The van der Waals surface area contributed by atoms with Gasteiger partial charge in [0.15, 0.2) is 11.3 Å². The van der Waals surface area contributed by atoms with Crippen LogP contribution < -0.4 is 5.56 Å². The first-order valence-corrected chi connectivity index (χ1v) is 9.13. The van der Waals surface area contributed by atoms with Crippen molar-refractivity contribution in [1.82, 2.24) is 30.0 Å². The van der Waals surface area contributed by atoms with Crippen LogP contribution in [0.5, 0.6) is 0 Å². The molecule has 0 unspecified atom stereocenters. The lowest BCUT2D eigenvalue weighted by Crippen LogP contribution is -2.09. The number of benzene rings is 1. The summed E-state index contributed by atoms with van der Waals surface area (Å²) in [6.07, 6.45) is 0. The van der Waals surface area contributed by atoms with Crippen molar-refractivity contribution >= 4 is 27.2 Å². The Balaban J connectivity index is 1.72. The number of H-pyrrole nitrogens is 1. The van der Waals surface area contributed by atoms with Gasteiger partial charge >= 0.3 is 0 Å². The van der Waals surface area contributed by atoms with Crippen molar-refractivity contribution in [2.45, 2.75) is 20.8 Å². The molecule has 0 fully saturated rings. The number of aromatic nitrogens is 6. The lowest BCUT2D eigenvalue weighted by molar-refractivity contribution is 0.431. The van der Waals surface area contributed by atoms with Gasteiger partial charge in [0.05, 0.1) is 5.39 Å². The van der Waals surface area contributed by atoms with Gasteiger partial charge in [0.25, 0.3) is 11.4 Å². The number of nitrogens with one attached hydrogen (secondary N) is 1. The molecular formula is C18H14N6O2S. The number of rotatable bonds is 2. The molecule has 1 aromatic carbocycles. The van der Waals surface area contributed by atoms with E-state index in [2.05, 4.69) is 25.4 Å². The summed E-state index contributed by atoms with van der Waals surface area (Å²) in [6, 6.07) is 7.78. The molecule has 0 amide bonds. The van der Waals surface area contributed by atoms with Gasteiger partial charge in [-0.3, -0.25) is 4.79 Å². The third kappa shape index (κ3) is 2.25. The Morgan fingerprint density at radius 1 is 1.15 bits per heavy atom. The normalized spacial score (nSPS) is 11.7. The van der Waals surface area contributed by atoms with Crippen LogP contribution in [-0.4, -0.2) is 30.0 Å². The van der Waals surface area contributed by atoms with E-state index in [0.717, 1.165) is 26.4 Å². The molecule has 5 rings (SSSR count). The number of aryl methyl sites for hydroxylation is 3. The Labute approximate surface area is 156 Å². The summed E-state index contributed by atoms with van der Waals surface area (Å²) in [5.74, 6) is 0.679. The first kappa shape index (κ1) is 15.9. The number of hydrogen-bond donors (Lipinski definition) is 1. The molecule has 27 heavy (non-hydrogen) atoms. The zero-order chi connectivity index (χ0) is 18.7. The average Bonchev–Trinajstić information content (AvgIpc) is 3.34. The molecule has 0 spiro atoms. The zero-order valence-corrected chi connectivity index (χ0v) is 15.6. The number of aromatic amines is 1. The van der Waals surface area contributed by atoms with E-state index in [4.69, 9.17) is 4.52 Å². The van der Waals surface area contributed by atoms with Gasteiger partial charge in [0.2, 0.25) is 5.82 Å². The van der Waals surface area contributed by atoms with Crippen LogP contribution >= 0.6 is 11.3 Å². The van der Waals surface area contributed by atoms with Gasteiger partial charge in [-0.2, -0.15) is 9.97 Å². The highest BCUT2D eigenvalue weighted by Crippen LogP contribution is 2.30. The third-order valence-electron chi connectivity index (χ3n) is 4.69. The Kier molecular flexibility index (Phi) is 3.28. The summed E-state index contributed by atoms with van der Waals surface area (Å²) in [7, 11) is 0. The summed E-state index contributed by atoms with van der Waals surface area (Å²) in [6.45, 7) is 5.89. The molecule has 0 radical (unpaired) electrons. The number of nitrogens with zero attached hydrogens (tertiary/aromatic N) is 5. The zero-order valence-electron chi connectivity index (χ0n) is 14.8. The second-order valence-corrected chi connectivity index (χ2v) is 7.54. The smallest absolute Gasteiger partial charge is 0.282 e. The van der Waals surface area contributed by atoms with E-state index in [1.807, 2.05) is 45.0 Å². The molecule has 0 atom stereocenters.